The molecule has 0 aromatic heterocycles. The van der Waals surface area contributed by atoms with Gasteiger partial charge in [0.25, 0.3) is 11.8 Å². The number of fused-ring (bicyclic) bond motifs is 1. The van der Waals surface area contributed by atoms with Crippen LogP contribution < -0.4 is 16.4 Å². The van der Waals surface area contributed by atoms with Gasteiger partial charge in [-0.2, -0.15) is 0 Å². The van der Waals surface area contributed by atoms with Crippen LogP contribution in [0.15, 0.2) is 18.2 Å². The summed E-state index contributed by atoms with van der Waals surface area (Å²) >= 11 is 0. The van der Waals surface area contributed by atoms with Crippen molar-refractivity contribution in [1.29, 1.82) is 0 Å². The second-order valence-corrected chi connectivity index (χ2v) is 8.27. The van der Waals surface area contributed by atoms with Gasteiger partial charge in [0, 0.05) is 30.6 Å². The number of carbonyl (C=O) groups excluding carboxylic acids is 4. The Kier molecular flexibility index (Phi) is 5.12. The molecule has 8 heteroatoms. The molecule has 154 valence electrons. The fourth-order valence-electron chi connectivity index (χ4n) is 4.64. The maximum absolute atomic E-state index is 12.9. The van der Waals surface area contributed by atoms with Crippen LogP contribution in [0.25, 0.3) is 0 Å². The molecule has 2 aliphatic heterocycles. The Hall–Kier alpha value is -2.74. The zero-order valence-electron chi connectivity index (χ0n) is 16.3. The summed E-state index contributed by atoms with van der Waals surface area (Å²) in [5.74, 6) is -1.19. The number of nitrogens with two attached hydrogens (primary N) is 1. The van der Waals surface area contributed by atoms with Gasteiger partial charge in [0.15, 0.2) is 0 Å². The number of rotatable bonds is 4. The molecule has 0 bridgehead atoms. The van der Waals surface area contributed by atoms with E-state index in [1.165, 1.54) is 4.90 Å². The number of piperidine rings is 1. The maximum atomic E-state index is 12.9. The van der Waals surface area contributed by atoms with Crippen molar-refractivity contribution in [3.63, 3.8) is 0 Å². The molecule has 0 radical (unpaired) electrons. The minimum Gasteiger partial charge on any atom is -0.345 e. The number of nitrogens with zero attached hydrogens (tertiary/aromatic N) is 1. The van der Waals surface area contributed by atoms with Crippen molar-refractivity contribution in [2.45, 2.75) is 63.1 Å². The van der Waals surface area contributed by atoms with Gasteiger partial charge in [0.1, 0.15) is 6.04 Å². The number of benzene rings is 1. The third kappa shape index (κ3) is 3.64. The van der Waals surface area contributed by atoms with Gasteiger partial charge in [0.05, 0.1) is 5.54 Å². The van der Waals surface area contributed by atoms with Crippen LogP contribution in [0.1, 0.15) is 71.2 Å². The van der Waals surface area contributed by atoms with Crippen LogP contribution in [-0.4, -0.2) is 46.7 Å². The smallest absolute Gasteiger partial charge is 0.255 e. The van der Waals surface area contributed by atoms with Crippen LogP contribution in [0.2, 0.25) is 0 Å². The van der Waals surface area contributed by atoms with E-state index in [4.69, 9.17) is 5.73 Å². The Morgan fingerprint density at radius 2 is 1.97 bits per heavy atom. The molecule has 8 nitrogen and oxygen atoms in total. The normalized spacial score (nSPS) is 23.6. The quantitative estimate of drug-likeness (QED) is 0.649. The van der Waals surface area contributed by atoms with Gasteiger partial charge in [-0.15, -0.1) is 0 Å². The molecule has 0 spiro atoms. The van der Waals surface area contributed by atoms with Crippen LogP contribution in [0.3, 0.4) is 0 Å². The van der Waals surface area contributed by atoms with Crippen molar-refractivity contribution < 1.29 is 19.2 Å². The molecule has 4 amide bonds. The standard InChI is InChI=1S/C21H26N4O4/c22-12-21(8-2-1-3-9-21)24-18(27)13-4-5-15-14(10-13)11-25(20(15)29)16-6-7-17(26)23-19(16)28/h4-5,10,16H,1-3,6-9,11-12,22H2,(H,24,27)(H,23,26,28). The zero-order valence-corrected chi connectivity index (χ0v) is 16.3. The van der Waals surface area contributed by atoms with Gasteiger partial charge < -0.3 is 16.0 Å². The Morgan fingerprint density at radius 3 is 2.66 bits per heavy atom. The van der Waals surface area contributed by atoms with Gasteiger partial charge in [-0.3, -0.25) is 24.5 Å². The number of imide groups is 1. The van der Waals surface area contributed by atoms with Crippen molar-refractivity contribution in [1.82, 2.24) is 15.5 Å². The average molecular weight is 398 g/mol. The molecule has 1 unspecified atom stereocenters. The molecule has 3 aliphatic rings. The van der Waals surface area contributed by atoms with Gasteiger partial charge in [-0.1, -0.05) is 19.3 Å². The fourth-order valence-corrected chi connectivity index (χ4v) is 4.64. The SMILES string of the molecule is NCC1(NC(=O)c2ccc3c(c2)CN(C2CCC(=O)NC2=O)C3=O)CCCCC1. The second-order valence-electron chi connectivity index (χ2n) is 8.27. The van der Waals surface area contributed by atoms with E-state index in [0.717, 1.165) is 37.7 Å². The first kappa shape index (κ1) is 19.6. The van der Waals surface area contributed by atoms with Gasteiger partial charge >= 0.3 is 0 Å². The predicted octanol–water partition coefficient (Wildman–Crippen LogP) is 0.839. The fraction of sp³-hybridized carbons (Fsp3) is 0.524. The molecule has 29 heavy (non-hydrogen) atoms. The van der Waals surface area contributed by atoms with Crippen molar-refractivity contribution >= 4 is 23.6 Å². The molecule has 1 saturated heterocycles. The second kappa shape index (κ2) is 7.59. The van der Waals surface area contributed by atoms with Crippen LogP contribution in [0, 0.1) is 0 Å². The van der Waals surface area contributed by atoms with E-state index in [1.54, 1.807) is 18.2 Å². The summed E-state index contributed by atoms with van der Waals surface area (Å²) in [5.41, 5.74) is 7.31. The molecule has 1 atom stereocenters. The Bertz CT molecular complexity index is 875. The molecule has 2 fully saturated rings. The minimum absolute atomic E-state index is 0.188. The van der Waals surface area contributed by atoms with E-state index in [1.807, 2.05) is 0 Å². The molecule has 1 aliphatic carbocycles. The minimum atomic E-state index is -0.660. The number of amides is 4. The van der Waals surface area contributed by atoms with E-state index in [2.05, 4.69) is 10.6 Å². The van der Waals surface area contributed by atoms with Crippen molar-refractivity contribution in [2.75, 3.05) is 6.54 Å². The van der Waals surface area contributed by atoms with Gasteiger partial charge in [-0.05, 0) is 43.0 Å². The van der Waals surface area contributed by atoms with Crippen LogP contribution in [0.4, 0.5) is 0 Å². The lowest BCUT2D eigenvalue weighted by Gasteiger charge is -2.37. The van der Waals surface area contributed by atoms with Crippen LogP contribution in [0.5, 0.6) is 0 Å². The first-order valence-electron chi connectivity index (χ1n) is 10.2. The number of nitrogens with one attached hydrogen (secondary N) is 2. The summed E-state index contributed by atoms with van der Waals surface area (Å²) in [5, 5.41) is 5.41. The third-order valence-corrected chi connectivity index (χ3v) is 6.37. The lowest BCUT2D eigenvalue weighted by Crippen LogP contribution is -2.54. The summed E-state index contributed by atoms with van der Waals surface area (Å²) in [6.45, 7) is 0.662. The van der Waals surface area contributed by atoms with Gasteiger partial charge in [-0.25, -0.2) is 0 Å². The summed E-state index contributed by atoms with van der Waals surface area (Å²) < 4.78 is 0. The third-order valence-electron chi connectivity index (χ3n) is 6.37. The average Bonchev–Trinajstić information content (AvgIpc) is 3.04. The molecular formula is C21H26N4O4. The topological polar surface area (TPSA) is 122 Å². The Labute approximate surface area is 169 Å². The zero-order chi connectivity index (χ0) is 20.6. The predicted molar refractivity (Wildman–Crippen MR) is 105 cm³/mol. The van der Waals surface area contributed by atoms with Crippen molar-refractivity contribution in [2.24, 2.45) is 5.73 Å². The Morgan fingerprint density at radius 1 is 1.21 bits per heavy atom. The molecular weight excluding hydrogens is 372 g/mol. The Balaban J connectivity index is 1.50. The van der Waals surface area contributed by atoms with Crippen molar-refractivity contribution in [3.8, 4) is 0 Å². The van der Waals surface area contributed by atoms with Gasteiger partial charge in [0.2, 0.25) is 11.8 Å². The highest BCUT2D eigenvalue weighted by molar-refractivity contribution is 6.06. The summed E-state index contributed by atoms with van der Waals surface area (Å²) in [6, 6.07) is 4.36. The number of hydrogen-bond donors (Lipinski definition) is 3. The van der Waals surface area contributed by atoms with E-state index in [-0.39, 0.29) is 36.2 Å². The molecule has 2 heterocycles. The number of carbonyl (C=O) groups is 4. The first-order chi connectivity index (χ1) is 13.9. The van der Waals surface area contributed by atoms with E-state index in [0.29, 0.717) is 24.1 Å². The summed E-state index contributed by atoms with van der Waals surface area (Å²) in [4.78, 5) is 50.6. The molecule has 4 rings (SSSR count). The van der Waals surface area contributed by atoms with Crippen LogP contribution >= 0.6 is 0 Å². The molecule has 1 aromatic rings. The maximum Gasteiger partial charge on any atom is 0.255 e. The summed E-state index contributed by atoms with van der Waals surface area (Å²) in [6.07, 6.45) is 5.55. The largest absolute Gasteiger partial charge is 0.345 e. The molecule has 1 aromatic carbocycles. The highest BCUT2D eigenvalue weighted by Crippen LogP contribution is 2.30. The van der Waals surface area contributed by atoms with E-state index in [9.17, 15) is 19.2 Å². The molecule has 1 saturated carbocycles. The van der Waals surface area contributed by atoms with E-state index < -0.39 is 11.9 Å². The number of hydrogen-bond acceptors (Lipinski definition) is 5. The lowest BCUT2D eigenvalue weighted by molar-refractivity contribution is -0.136. The highest BCUT2D eigenvalue weighted by atomic mass is 16.2. The highest BCUT2D eigenvalue weighted by Gasteiger charge is 2.39. The van der Waals surface area contributed by atoms with Crippen LogP contribution in [-0.2, 0) is 16.1 Å². The monoisotopic (exact) mass is 398 g/mol. The first-order valence-corrected chi connectivity index (χ1v) is 10.2. The molecule has 4 N–H and O–H groups in total. The van der Waals surface area contributed by atoms with Crippen molar-refractivity contribution in [3.05, 3.63) is 34.9 Å². The van der Waals surface area contributed by atoms with E-state index >= 15 is 0 Å². The lowest BCUT2D eigenvalue weighted by atomic mass is 9.81. The summed E-state index contributed by atoms with van der Waals surface area (Å²) in [7, 11) is 0.